The van der Waals surface area contributed by atoms with Crippen LogP contribution < -0.4 is 10.0 Å². The standard InChI is InChI=1S/C16H13ClN4O3S/c1-10(22)18-11-5-4-6-12(9-11)25(23,24)21-16-15(17)19-13-7-2-3-8-14(13)20-16/h2-9H,1H3,(H,18,22)(H,20,21). The maximum atomic E-state index is 12.6. The molecular weight excluding hydrogens is 364 g/mol. The van der Waals surface area contributed by atoms with E-state index < -0.39 is 10.0 Å². The second kappa shape index (κ2) is 6.66. The third-order valence-corrected chi connectivity index (χ3v) is 4.82. The van der Waals surface area contributed by atoms with Gasteiger partial charge < -0.3 is 5.32 Å². The fourth-order valence-electron chi connectivity index (χ4n) is 2.17. The number of amides is 1. The number of para-hydroxylation sites is 2. The van der Waals surface area contributed by atoms with Crippen LogP contribution in [-0.4, -0.2) is 24.3 Å². The van der Waals surface area contributed by atoms with Crippen molar-refractivity contribution in [2.45, 2.75) is 11.8 Å². The largest absolute Gasteiger partial charge is 0.326 e. The number of fused-ring (bicyclic) bond motifs is 1. The summed E-state index contributed by atoms with van der Waals surface area (Å²) in [5.41, 5.74) is 1.44. The molecule has 0 bridgehead atoms. The molecule has 3 rings (SSSR count). The molecule has 0 radical (unpaired) electrons. The van der Waals surface area contributed by atoms with E-state index in [2.05, 4.69) is 20.0 Å². The van der Waals surface area contributed by atoms with Crippen molar-refractivity contribution in [3.8, 4) is 0 Å². The minimum absolute atomic E-state index is 0.0372. The molecule has 0 aliphatic heterocycles. The molecule has 1 heterocycles. The van der Waals surface area contributed by atoms with Crippen LogP contribution in [0.4, 0.5) is 11.5 Å². The number of hydrogen-bond donors (Lipinski definition) is 2. The van der Waals surface area contributed by atoms with E-state index in [4.69, 9.17) is 11.6 Å². The first kappa shape index (κ1) is 17.1. The van der Waals surface area contributed by atoms with Gasteiger partial charge in [-0.25, -0.2) is 18.4 Å². The molecule has 0 aliphatic carbocycles. The fraction of sp³-hybridized carbons (Fsp3) is 0.0625. The Bertz CT molecular complexity index is 1070. The van der Waals surface area contributed by atoms with Gasteiger partial charge in [-0.1, -0.05) is 29.8 Å². The van der Waals surface area contributed by atoms with E-state index in [0.717, 1.165) is 0 Å². The third-order valence-electron chi connectivity index (χ3n) is 3.22. The zero-order valence-electron chi connectivity index (χ0n) is 13.0. The quantitative estimate of drug-likeness (QED) is 0.728. The molecule has 3 aromatic rings. The smallest absolute Gasteiger partial charge is 0.263 e. The molecule has 128 valence electrons. The van der Waals surface area contributed by atoms with Crippen LogP contribution in [-0.2, 0) is 14.8 Å². The highest BCUT2D eigenvalue weighted by atomic mass is 35.5. The first-order valence-corrected chi connectivity index (χ1v) is 9.04. The van der Waals surface area contributed by atoms with Gasteiger partial charge in [-0.05, 0) is 30.3 Å². The summed E-state index contributed by atoms with van der Waals surface area (Å²) >= 11 is 6.04. The van der Waals surface area contributed by atoms with E-state index in [1.807, 2.05) is 0 Å². The molecule has 0 aliphatic rings. The van der Waals surface area contributed by atoms with Crippen LogP contribution in [0.25, 0.3) is 11.0 Å². The summed E-state index contributed by atoms with van der Waals surface area (Å²) in [6, 6.07) is 12.8. The minimum atomic E-state index is -3.95. The lowest BCUT2D eigenvalue weighted by atomic mass is 10.3. The van der Waals surface area contributed by atoms with Crippen LogP contribution in [0.5, 0.6) is 0 Å². The number of sulfonamides is 1. The summed E-state index contributed by atoms with van der Waals surface area (Å²) in [7, 11) is -3.95. The molecule has 9 heteroatoms. The van der Waals surface area contributed by atoms with Crippen LogP contribution in [0.1, 0.15) is 6.92 Å². The molecule has 2 N–H and O–H groups in total. The Morgan fingerprint density at radius 1 is 1.04 bits per heavy atom. The van der Waals surface area contributed by atoms with Crippen molar-refractivity contribution < 1.29 is 13.2 Å². The Labute approximate surface area is 149 Å². The highest BCUT2D eigenvalue weighted by Crippen LogP contribution is 2.24. The fourth-order valence-corrected chi connectivity index (χ4v) is 3.47. The van der Waals surface area contributed by atoms with Crippen molar-refractivity contribution in [3.63, 3.8) is 0 Å². The number of anilines is 2. The number of hydrogen-bond acceptors (Lipinski definition) is 5. The van der Waals surface area contributed by atoms with E-state index in [-0.39, 0.29) is 21.8 Å². The molecule has 0 saturated heterocycles. The number of carbonyl (C=O) groups excluding carboxylic acids is 1. The monoisotopic (exact) mass is 376 g/mol. The highest BCUT2D eigenvalue weighted by molar-refractivity contribution is 7.92. The molecular formula is C16H13ClN4O3S. The lowest BCUT2D eigenvalue weighted by Crippen LogP contribution is -2.15. The molecule has 7 nitrogen and oxygen atoms in total. The zero-order chi connectivity index (χ0) is 18.0. The molecule has 0 spiro atoms. The predicted molar refractivity (Wildman–Crippen MR) is 96.1 cm³/mol. The van der Waals surface area contributed by atoms with Crippen LogP contribution >= 0.6 is 11.6 Å². The molecule has 0 unspecified atom stereocenters. The first-order chi connectivity index (χ1) is 11.8. The van der Waals surface area contributed by atoms with E-state index >= 15 is 0 Å². The normalized spacial score (nSPS) is 11.3. The third kappa shape index (κ3) is 3.86. The number of halogens is 1. The van der Waals surface area contributed by atoms with Gasteiger partial charge in [0.15, 0.2) is 11.0 Å². The van der Waals surface area contributed by atoms with Gasteiger partial charge in [-0.2, -0.15) is 0 Å². The van der Waals surface area contributed by atoms with Crippen molar-refractivity contribution in [2.24, 2.45) is 0 Å². The van der Waals surface area contributed by atoms with Gasteiger partial charge in [0.25, 0.3) is 10.0 Å². The minimum Gasteiger partial charge on any atom is -0.326 e. The maximum absolute atomic E-state index is 12.6. The summed E-state index contributed by atoms with van der Waals surface area (Å²) in [6.07, 6.45) is 0. The Morgan fingerprint density at radius 2 is 1.72 bits per heavy atom. The van der Waals surface area contributed by atoms with Crippen molar-refractivity contribution in [2.75, 3.05) is 10.0 Å². The highest BCUT2D eigenvalue weighted by Gasteiger charge is 2.18. The van der Waals surface area contributed by atoms with Gasteiger partial charge in [0, 0.05) is 12.6 Å². The SMILES string of the molecule is CC(=O)Nc1cccc(S(=O)(=O)Nc2nc3ccccc3nc2Cl)c1. The number of rotatable bonds is 4. The summed E-state index contributed by atoms with van der Waals surface area (Å²) in [6.45, 7) is 1.34. The topological polar surface area (TPSA) is 101 Å². The molecule has 1 aromatic heterocycles. The summed E-state index contributed by atoms with van der Waals surface area (Å²) < 4.78 is 27.5. The number of benzene rings is 2. The summed E-state index contributed by atoms with van der Waals surface area (Å²) in [5, 5.41) is 2.48. The number of nitrogens with zero attached hydrogens (tertiary/aromatic N) is 2. The molecule has 1 amide bonds. The van der Waals surface area contributed by atoms with Gasteiger partial charge in [0.1, 0.15) is 0 Å². The van der Waals surface area contributed by atoms with Gasteiger partial charge in [0.05, 0.1) is 15.9 Å². The van der Waals surface area contributed by atoms with Gasteiger partial charge in [-0.15, -0.1) is 0 Å². The predicted octanol–water partition coefficient (Wildman–Crippen LogP) is 3.04. The number of aromatic nitrogens is 2. The lowest BCUT2D eigenvalue weighted by molar-refractivity contribution is -0.114. The summed E-state index contributed by atoms with van der Waals surface area (Å²) in [4.78, 5) is 19.4. The Kier molecular flexibility index (Phi) is 4.56. The average Bonchev–Trinajstić information content (AvgIpc) is 2.55. The molecule has 0 atom stereocenters. The molecule has 0 saturated carbocycles. The maximum Gasteiger partial charge on any atom is 0.263 e. The van der Waals surface area contributed by atoms with Crippen molar-refractivity contribution in [1.82, 2.24) is 9.97 Å². The van der Waals surface area contributed by atoms with Crippen LogP contribution in [0.2, 0.25) is 5.15 Å². The average molecular weight is 377 g/mol. The molecule has 25 heavy (non-hydrogen) atoms. The second-order valence-corrected chi connectivity index (χ2v) is 7.21. The Morgan fingerprint density at radius 3 is 2.40 bits per heavy atom. The zero-order valence-corrected chi connectivity index (χ0v) is 14.6. The van der Waals surface area contributed by atoms with Crippen molar-refractivity contribution >= 4 is 50.1 Å². The Hall–Kier alpha value is -2.71. The summed E-state index contributed by atoms with van der Waals surface area (Å²) in [5.74, 6) is -0.365. The van der Waals surface area contributed by atoms with Crippen LogP contribution in [0.15, 0.2) is 53.4 Å². The lowest BCUT2D eigenvalue weighted by Gasteiger charge is -2.10. The van der Waals surface area contributed by atoms with Gasteiger partial charge >= 0.3 is 0 Å². The van der Waals surface area contributed by atoms with E-state index in [9.17, 15) is 13.2 Å². The van der Waals surface area contributed by atoms with Gasteiger partial charge in [0.2, 0.25) is 5.91 Å². The number of carbonyl (C=O) groups is 1. The van der Waals surface area contributed by atoms with E-state index in [1.165, 1.54) is 25.1 Å². The van der Waals surface area contributed by atoms with Crippen molar-refractivity contribution in [3.05, 3.63) is 53.7 Å². The van der Waals surface area contributed by atoms with E-state index in [1.54, 1.807) is 30.3 Å². The first-order valence-electron chi connectivity index (χ1n) is 7.18. The second-order valence-electron chi connectivity index (χ2n) is 5.17. The van der Waals surface area contributed by atoms with E-state index in [0.29, 0.717) is 16.7 Å². The Balaban J connectivity index is 1.96. The molecule has 0 fully saturated rings. The van der Waals surface area contributed by atoms with Crippen molar-refractivity contribution in [1.29, 1.82) is 0 Å². The van der Waals surface area contributed by atoms with Crippen LogP contribution in [0.3, 0.4) is 0 Å². The van der Waals surface area contributed by atoms with Crippen LogP contribution in [0, 0.1) is 0 Å². The number of nitrogens with one attached hydrogen (secondary N) is 2. The molecule has 2 aromatic carbocycles. The van der Waals surface area contributed by atoms with Gasteiger partial charge in [-0.3, -0.25) is 9.52 Å².